The van der Waals surface area contributed by atoms with Gasteiger partial charge in [-0.15, -0.1) is 0 Å². The van der Waals surface area contributed by atoms with Crippen LogP contribution in [0, 0.1) is 0 Å². The van der Waals surface area contributed by atoms with E-state index in [2.05, 4.69) is 4.74 Å². The number of hydrogen-bond acceptors (Lipinski definition) is 4. The third-order valence-electron chi connectivity index (χ3n) is 1.89. The van der Waals surface area contributed by atoms with Gasteiger partial charge in [0.05, 0.1) is 14.2 Å². The van der Waals surface area contributed by atoms with Gasteiger partial charge in [0.15, 0.2) is 0 Å². The van der Waals surface area contributed by atoms with Crippen molar-refractivity contribution >= 4 is 17.7 Å². The van der Waals surface area contributed by atoms with E-state index in [4.69, 9.17) is 10.5 Å². The largest absolute Gasteiger partial charge is 0.497 e. The molecule has 0 fully saturated rings. The van der Waals surface area contributed by atoms with Gasteiger partial charge in [-0.3, -0.25) is 0 Å². The lowest BCUT2D eigenvalue weighted by molar-refractivity contribution is -0.134. The molecule has 0 aromatic heterocycles. The molecule has 0 atom stereocenters. The quantitative estimate of drug-likeness (QED) is 0.463. The Morgan fingerprint density at radius 3 is 2.73 bits per heavy atom. The average Bonchev–Trinajstić information content (AvgIpc) is 2.27. The van der Waals surface area contributed by atoms with Crippen LogP contribution >= 0.6 is 0 Å². The van der Waals surface area contributed by atoms with Gasteiger partial charge in [-0.05, 0) is 24.3 Å². The Morgan fingerprint density at radius 2 is 2.13 bits per heavy atom. The summed E-state index contributed by atoms with van der Waals surface area (Å²) in [7, 11) is 2.89. The molecule has 0 aliphatic heterocycles. The molecule has 0 spiro atoms. The van der Waals surface area contributed by atoms with E-state index in [1.54, 1.807) is 31.4 Å². The summed E-state index contributed by atoms with van der Waals surface area (Å²) in [6, 6.07) is 5.22. The molecule has 4 nitrogen and oxygen atoms in total. The Kier molecular flexibility index (Phi) is 3.74. The molecule has 0 radical (unpaired) electrons. The summed E-state index contributed by atoms with van der Waals surface area (Å²) in [6.45, 7) is 0. The second-order valence-electron chi connectivity index (χ2n) is 2.85. The van der Waals surface area contributed by atoms with Crippen molar-refractivity contribution in [3.63, 3.8) is 0 Å². The predicted octanol–water partition coefficient (Wildman–Crippen LogP) is 1.46. The van der Waals surface area contributed by atoms with Gasteiger partial charge < -0.3 is 15.2 Å². The maximum atomic E-state index is 10.9. The lowest BCUT2D eigenvalue weighted by Gasteiger charge is -2.03. The van der Waals surface area contributed by atoms with Gasteiger partial charge in [-0.2, -0.15) is 0 Å². The van der Waals surface area contributed by atoms with E-state index < -0.39 is 5.97 Å². The highest BCUT2D eigenvalue weighted by molar-refractivity contribution is 5.88. The Hall–Kier alpha value is -1.97. The zero-order valence-corrected chi connectivity index (χ0v) is 8.69. The minimum absolute atomic E-state index is 0.419. The lowest BCUT2D eigenvalue weighted by atomic mass is 10.1. The molecule has 0 heterocycles. The zero-order chi connectivity index (χ0) is 11.3. The first-order valence-electron chi connectivity index (χ1n) is 4.37. The first-order chi connectivity index (χ1) is 7.17. The van der Waals surface area contributed by atoms with Crippen LogP contribution < -0.4 is 10.5 Å². The van der Waals surface area contributed by atoms with Gasteiger partial charge in [0.1, 0.15) is 5.75 Å². The van der Waals surface area contributed by atoms with Crippen molar-refractivity contribution in [3.8, 4) is 5.75 Å². The number of nitrogen functional groups attached to an aromatic ring is 1. The summed E-state index contributed by atoms with van der Waals surface area (Å²) in [5.74, 6) is 0.269. The van der Waals surface area contributed by atoms with Crippen LogP contribution in [0.2, 0.25) is 0 Å². The van der Waals surface area contributed by atoms with Crippen LogP contribution in [0.3, 0.4) is 0 Å². The SMILES string of the molecule is COC(=O)C=Cc1cc(OC)ccc1N. The van der Waals surface area contributed by atoms with Crippen LogP contribution in [-0.4, -0.2) is 20.2 Å². The normalized spacial score (nSPS) is 10.3. The monoisotopic (exact) mass is 207 g/mol. The van der Waals surface area contributed by atoms with Crippen LogP contribution in [-0.2, 0) is 9.53 Å². The number of benzene rings is 1. The summed E-state index contributed by atoms with van der Waals surface area (Å²) in [5, 5.41) is 0. The number of hydrogen-bond donors (Lipinski definition) is 1. The minimum Gasteiger partial charge on any atom is -0.497 e. The van der Waals surface area contributed by atoms with Crippen molar-refractivity contribution in [2.45, 2.75) is 0 Å². The molecule has 1 rings (SSSR count). The molecule has 1 aromatic carbocycles. The molecule has 2 N–H and O–H groups in total. The Morgan fingerprint density at radius 1 is 1.40 bits per heavy atom. The highest BCUT2D eigenvalue weighted by Crippen LogP contribution is 2.20. The Bertz CT molecular complexity index is 385. The van der Waals surface area contributed by atoms with E-state index in [9.17, 15) is 4.79 Å². The van der Waals surface area contributed by atoms with Gasteiger partial charge >= 0.3 is 5.97 Å². The van der Waals surface area contributed by atoms with Gasteiger partial charge in [0.25, 0.3) is 0 Å². The molecule has 0 aliphatic carbocycles. The molecular weight excluding hydrogens is 194 g/mol. The number of esters is 1. The summed E-state index contributed by atoms with van der Waals surface area (Å²) in [4.78, 5) is 10.9. The number of anilines is 1. The van der Waals surface area contributed by atoms with Crippen molar-refractivity contribution < 1.29 is 14.3 Å². The van der Waals surface area contributed by atoms with E-state index >= 15 is 0 Å². The summed E-state index contributed by atoms with van der Waals surface area (Å²) in [6.07, 6.45) is 2.90. The third-order valence-corrected chi connectivity index (χ3v) is 1.89. The highest BCUT2D eigenvalue weighted by Gasteiger charge is 1.99. The molecular formula is C11H13NO3. The maximum Gasteiger partial charge on any atom is 0.330 e. The van der Waals surface area contributed by atoms with Crippen molar-refractivity contribution in [2.24, 2.45) is 0 Å². The summed E-state index contributed by atoms with van der Waals surface area (Å²) >= 11 is 0. The Balaban J connectivity index is 2.93. The number of carbonyl (C=O) groups excluding carboxylic acids is 1. The molecule has 0 unspecified atom stereocenters. The fourth-order valence-corrected chi connectivity index (χ4v) is 1.05. The summed E-state index contributed by atoms with van der Waals surface area (Å²) < 4.78 is 9.51. The lowest BCUT2D eigenvalue weighted by Crippen LogP contribution is -1.95. The van der Waals surface area contributed by atoms with E-state index in [1.807, 2.05) is 0 Å². The minimum atomic E-state index is -0.419. The van der Waals surface area contributed by atoms with Crippen molar-refractivity contribution in [1.82, 2.24) is 0 Å². The van der Waals surface area contributed by atoms with Crippen molar-refractivity contribution in [2.75, 3.05) is 20.0 Å². The standard InChI is InChI=1S/C11H13NO3/c1-14-9-4-5-10(12)8(7-9)3-6-11(13)15-2/h3-7H,12H2,1-2H3. The fraction of sp³-hybridized carbons (Fsp3) is 0.182. The number of methoxy groups -OCH3 is 2. The summed E-state index contributed by atoms with van der Waals surface area (Å²) in [5.41, 5.74) is 7.01. The topological polar surface area (TPSA) is 61.5 Å². The number of carbonyl (C=O) groups is 1. The van der Waals surface area contributed by atoms with Crippen LogP contribution in [0.5, 0.6) is 5.75 Å². The fourth-order valence-electron chi connectivity index (χ4n) is 1.05. The molecule has 1 aromatic rings. The molecule has 80 valence electrons. The third kappa shape index (κ3) is 3.02. The van der Waals surface area contributed by atoms with Crippen molar-refractivity contribution in [3.05, 3.63) is 29.8 Å². The maximum absolute atomic E-state index is 10.9. The van der Waals surface area contributed by atoms with Gasteiger partial charge in [0, 0.05) is 17.3 Å². The van der Waals surface area contributed by atoms with E-state index in [-0.39, 0.29) is 0 Å². The second-order valence-corrected chi connectivity index (χ2v) is 2.85. The molecule has 0 saturated carbocycles. The van der Waals surface area contributed by atoms with Crippen LogP contribution in [0.15, 0.2) is 24.3 Å². The molecule has 4 heteroatoms. The molecule has 0 amide bonds. The van der Waals surface area contributed by atoms with E-state index in [0.717, 1.165) is 5.56 Å². The van der Waals surface area contributed by atoms with Crippen LogP contribution in [0.25, 0.3) is 6.08 Å². The van der Waals surface area contributed by atoms with Gasteiger partial charge in [0.2, 0.25) is 0 Å². The molecule has 0 aliphatic rings. The molecule has 15 heavy (non-hydrogen) atoms. The van der Waals surface area contributed by atoms with Crippen LogP contribution in [0.1, 0.15) is 5.56 Å². The van der Waals surface area contributed by atoms with E-state index in [1.165, 1.54) is 13.2 Å². The smallest absolute Gasteiger partial charge is 0.330 e. The van der Waals surface area contributed by atoms with E-state index in [0.29, 0.717) is 11.4 Å². The van der Waals surface area contributed by atoms with Gasteiger partial charge in [-0.25, -0.2) is 4.79 Å². The average molecular weight is 207 g/mol. The zero-order valence-electron chi connectivity index (χ0n) is 8.69. The number of nitrogens with two attached hydrogens (primary N) is 1. The van der Waals surface area contributed by atoms with Gasteiger partial charge in [-0.1, -0.05) is 0 Å². The molecule has 0 saturated heterocycles. The van der Waals surface area contributed by atoms with Crippen molar-refractivity contribution in [1.29, 1.82) is 0 Å². The second kappa shape index (κ2) is 5.05. The first kappa shape index (κ1) is 11.1. The molecule has 0 bridgehead atoms. The number of ether oxygens (including phenoxy) is 2. The highest BCUT2D eigenvalue weighted by atomic mass is 16.5. The first-order valence-corrected chi connectivity index (χ1v) is 4.37. The Labute approximate surface area is 88.3 Å². The van der Waals surface area contributed by atoms with Crippen LogP contribution in [0.4, 0.5) is 5.69 Å². The predicted molar refractivity (Wildman–Crippen MR) is 58.5 cm³/mol. The number of rotatable bonds is 3.